The molecule has 0 radical (unpaired) electrons. The van der Waals surface area contributed by atoms with Crippen LogP contribution in [0.15, 0.2) is 16.6 Å². The molecule has 0 spiro atoms. The number of allylic oxidation sites excluding steroid dienone is 1. The van der Waals surface area contributed by atoms with Crippen LogP contribution >= 0.6 is 0 Å². The predicted octanol–water partition coefficient (Wildman–Crippen LogP) is 3.84. The third kappa shape index (κ3) is 7.58. The minimum absolute atomic E-state index is 0.00318. The Bertz CT molecular complexity index is 486. The summed E-state index contributed by atoms with van der Waals surface area (Å²) >= 11 is 0. The van der Waals surface area contributed by atoms with Crippen molar-refractivity contribution in [2.24, 2.45) is 28.5 Å². The van der Waals surface area contributed by atoms with Gasteiger partial charge in [-0.15, -0.1) is 0 Å². The van der Waals surface area contributed by atoms with Gasteiger partial charge in [0, 0.05) is 12.3 Å². The first-order valence-corrected chi connectivity index (χ1v) is 10.2. The average molecular weight is 367 g/mol. The number of hydrogen-bond donors (Lipinski definition) is 2. The van der Waals surface area contributed by atoms with Crippen molar-refractivity contribution in [3.8, 4) is 0 Å². The number of nitrogens with zero attached hydrogens (tertiary/aromatic N) is 1. The lowest BCUT2D eigenvalue weighted by molar-refractivity contribution is -0.149. The second kappa shape index (κ2) is 11.5. The van der Waals surface area contributed by atoms with Crippen molar-refractivity contribution < 1.29 is 14.6 Å². The van der Waals surface area contributed by atoms with Crippen molar-refractivity contribution in [2.75, 3.05) is 0 Å². The van der Waals surface area contributed by atoms with E-state index in [1.165, 1.54) is 6.42 Å². The summed E-state index contributed by atoms with van der Waals surface area (Å²) in [6, 6.07) is -0.351. The number of ether oxygens (including phenoxy) is 1. The van der Waals surface area contributed by atoms with Crippen LogP contribution in [0.1, 0.15) is 73.1 Å². The van der Waals surface area contributed by atoms with E-state index in [9.17, 15) is 9.90 Å². The van der Waals surface area contributed by atoms with Gasteiger partial charge < -0.3 is 15.6 Å². The standard InChI is InChI=1S/C21H38N2O3/c1-6-8-16(13-23-18(7-2)21(22)25)12-20(24)26-19-11-15(5)9-10-17(19)14(3)4/h12-15,17-19,21,25H,6-11,22H2,1-5H3/b16-12-,23-13?/t15-,17+,18+,19-,21?/m1/s1. The van der Waals surface area contributed by atoms with Gasteiger partial charge in [-0.25, -0.2) is 4.79 Å². The number of aliphatic imine (C=N–C) groups is 1. The molecule has 0 aliphatic heterocycles. The maximum Gasteiger partial charge on any atom is 0.331 e. The van der Waals surface area contributed by atoms with Gasteiger partial charge in [-0.05, 0) is 49.0 Å². The van der Waals surface area contributed by atoms with Gasteiger partial charge in [0.2, 0.25) is 0 Å². The lowest BCUT2D eigenvalue weighted by Gasteiger charge is -2.36. The van der Waals surface area contributed by atoms with Crippen molar-refractivity contribution >= 4 is 12.2 Å². The smallest absolute Gasteiger partial charge is 0.331 e. The SMILES string of the molecule is CCC/C(C=N[C@@H](CC)C(N)O)=C/C(=O)O[C@@H]1C[C@H](C)CC[C@H]1C(C)C. The van der Waals surface area contributed by atoms with Crippen LogP contribution in [0.4, 0.5) is 0 Å². The monoisotopic (exact) mass is 366 g/mol. The molecule has 5 nitrogen and oxygen atoms in total. The molecule has 1 unspecified atom stereocenters. The van der Waals surface area contributed by atoms with E-state index in [0.29, 0.717) is 24.2 Å². The molecule has 0 amide bonds. The predicted molar refractivity (Wildman–Crippen MR) is 107 cm³/mol. The maximum absolute atomic E-state index is 12.5. The Morgan fingerprint density at radius 3 is 2.58 bits per heavy atom. The zero-order valence-corrected chi connectivity index (χ0v) is 17.1. The van der Waals surface area contributed by atoms with E-state index in [1.54, 1.807) is 12.3 Å². The first kappa shape index (κ1) is 22.8. The molecular weight excluding hydrogens is 328 g/mol. The van der Waals surface area contributed by atoms with E-state index >= 15 is 0 Å². The average Bonchev–Trinajstić information content (AvgIpc) is 2.54. The Balaban J connectivity index is 2.81. The van der Waals surface area contributed by atoms with Gasteiger partial charge in [0.25, 0.3) is 0 Å². The summed E-state index contributed by atoms with van der Waals surface area (Å²) < 4.78 is 5.84. The maximum atomic E-state index is 12.5. The van der Waals surface area contributed by atoms with Crippen molar-refractivity contribution in [1.29, 1.82) is 0 Å². The molecule has 1 saturated carbocycles. The Morgan fingerprint density at radius 1 is 1.35 bits per heavy atom. The molecule has 0 aromatic rings. The zero-order valence-electron chi connectivity index (χ0n) is 17.1. The minimum atomic E-state index is -0.985. The van der Waals surface area contributed by atoms with Gasteiger partial charge in [-0.1, -0.05) is 47.5 Å². The van der Waals surface area contributed by atoms with Crippen LogP contribution in [0.25, 0.3) is 0 Å². The largest absolute Gasteiger partial charge is 0.459 e. The van der Waals surface area contributed by atoms with E-state index in [4.69, 9.17) is 10.5 Å². The molecule has 5 heteroatoms. The first-order valence-electron chi connectivity index (χ1n) is 10.2. The quantitative estimate of drug-likeness (QED) is 0.281. The molecule has 0 bridgehead atoms. The summed E-state index contributed by atoms with van der Waals surface area (Å²) in [5, 5.41) is 9.51. The van der Waals surface area contributed by atoms with Crippen molar-refractivity contribution in [2.45, 2.75) is 91.5 Å². The Morgan fingerprint density at radius 2 is 2.04 bits per heavy atom. The molecule has 3 N–H and O–H groups in total. The molecule has 1 rings (SSSR count). The van der Waals surface area contributed by atoms with Crippen molar-refractivity contribution in [1.82, 2.24) is 0 Å². The zero-order chi connectivity index (χ0) is 19.7. The lowest BCUT2D eigenvalue weighted by atomic mass is 9.75. The van der Waals surface area contributed by atoms with Crippen molar-refractivity contribution in [3.63, 3.8) is 0 Å². The van der Waals surface area contributed by atoms with E-state index < -0.39 is 6.23 Å². The van der Waals surface area contributed by atoms with Crippen molar-refractivity contribution in [3.05, 3.63) is 11.6 Å². The Hall–Kier alpha value is -1.20. The number of nitrogens with two attached hydrogens (primary N) is 1. The van der Waals surface area contributed by atoms with E-state index in [2.05, 4.69) is 32.7 Å². The van der Waals surface area contributed by atoms with E-state index in [-0.39, 0.29) is 18.1 Å². The second-order valence-electron chi connectivity index (χ2n) is 8.02. The van der Waals surface area contributed by atoms with Gasteiger partial charge in [-0.3, -0.25) is 4.99 Å². The van der Waals surface area contributed by atoms with Gasteiger partial charge >= 0.3 is 5.97 Å². The van der Waals surface area contributed by atoms with Gasteiger partial charge in [-0.2, -0.15) is 0 Å². The Kier molecular flexibility index (Phi) is 10.1. The molecular formula is C21H38N2O3. The molecule has 1 aliphatic rings. The normalized spacial score (nSPS) is 26.9. The number of aliphatic hydroxyl groups is 1. The summed E-state index contributed by atoms with van der Waals surface area (Å²) in [5.41, 5.74) is 6.34. The highest BCUT2D eigenvalue weighted by atomic mass is 16.5. The number of carbonyl (C=O) groups is 1. The molecule has 0 saturated heterocycles. The number of hydrogen-bond acceptors (Lipinski definition) is 5. The van der Waals surface area contributed by atoms with Gasteiger partial charge in [0.15, 0.2) is 0 Å². The molecule has 1 fully saturated rings. The van der Waals surface area contributed by atoms with E-state index in [1.807, 2.05) is 6.92 Å². The summed E-state index contributed by atoms with van der Waals surface area (Å²) in [6.45, 7) is 10.6. The first-order chi connectivity index (χ1) is 12.3. The molecule has 0 heterocycles. The lowest BCUT2D eigenvalue weighted by Crippen LogP contribution is -2.35. The number of aliphatic hydroxyl groups excluding tert-OH is 1. The van der Waals surface area contributed by atoms with Crippen LogP contribution in [-0.4, -0.2) is 35.7 Å². The summed E-state index contributed by atoms with van der Waals surface area (Å²) in [6.07, 6.45) is 7.80. The van der Waals surface area contributed by atoms with E-state index in [0.717, 1.165) is 31.3 Å². The minimum Gasteiger partial charge on any atom is -0.459 e. The molecule has 0 aromatic heterocycles. The van der Waals surface area contributed by atoms with Crippen LogP contribution in [0.2, 0.25) is 0 Å². The third-order valence-electron chi connectivity index (χ3n) is 5.32. The molecule has 26 heavy (non-hydrogen) atoms. The van der Waals surface area contributed by atoms with Gasteiger partial charge in [0.1, 0.15) is 12.3 Å². The highest BCUT2D eigenvalue weighted by Gasteiger charge is 2.33. The van der Waals surface area contributed by atoms with Crippen LogP contribution in [0, 0.1) is 17.8 Å². The molecule has 150 valence electrons. The van der Waals surface area contributed by atoms with Gasteiger partial charge in [0.05, 0.1) is 6.04 Å². The Labute approximate surface area is 159 Å². The second-order valence-corrected chi connectivity index (χ2v) is 8.02. The fourth-order valence-corrected chi connectivity index (χ4v) is 3.67. The molecule has 5 atom stereocenters. The van der Waals surface area contributed by atoms with Crippen LogP contribution in [0.3, 0.4) is 0 Å². The number of esters is 1. The molecule has 1 aliphatic carbocycles. The van der Waals surface area contributed by atoms with Crippen LogP contribution in [-0.2, 0) is 9.53 Å². The molecule has 0 aromatic carbocycles. The fourth-order valence-electron chi connectivity index (χ4n) is 3.67. The van der Waals surface area contributed by atoms with Crippen LogP contribution in [0.5, 0.6) is 0 Å². The summed E-state index contributed by atoms with van der Waals surface area (Å²) in [7, 11) is 0. The fraction of sp³-hybridized carbons (Fsp3) is 0.810. The highest BCUT2D eigenvalue weighted by molar-refractivity contribution is 5.91. The highest BCUT2D eigenvalue weighted by Crippen LogP contribution is 2.35. The van der Waals surface area contributed by atoms with Crippen LogP contribution < -0.4 is 5.73 Å². The number of carbonyl (C=O) groups excluding carboxylic acids is 1. The third-order valence-corrected chi connectivity index (χ3v) is 5.32. The number of rotatable bonds is 9. The topological polar surface area (TPSA) is 84.9 Å². The summed E-state index contributed by atoms with van der Waals surface area (Å²) in [5.74, 6) is 1.26. The summed E-state index contributed by atoms with van der Waals surface area (Å²) in [4.78, 5) is 16.8.